The van der Waals surface area contributed by atoms with Crippen molar-refractivity contribution in [3.8, 4) is 5.75 Å². The summed E-state index contributed by atoms with van der Waals surface area (Å²) >= 11 is 12.5. The third-order valence-electron chi connectivity index (χ3n) is 6.52. The third-order valence-corrected chi connectivity index (χ3v) is 8.90. The Morgan fingerprint density at radius 1 is 1.00 bits per heavy atom. The summed E-state index contributed by atoms with van der Waals surface area (Å²) in [7, 11) is -2.72. The molecule has 8 nitrogen and oxygen atoms in total. The van der Waals surface area contributed by atoms with Gasteiger partial charge in [-0.3, -0.25) is 13.9 Å². The van der Waals surface area contributed by atoms with Crippen molar-refractivity contribution in [2.45, 2.75) is 51.1 Å². The third kappa shape index (κ3) is 8.15. The molecule has 11 heteroatoms. The second-order valence-electron chi connectivity index (χ2n) is 9.50. The number of benzene rings is 3. The number of hydrogen-bond acceptors (Lipinski definition) is 5. The summed E-state index contributed by atoms with van der Waals surface area (Å²) < 4.78 is 34.3. The summed E-state index contributed by atoms with van der Waals surface area (Å²) in [4.78, 5) is 28.7. The van der Waals surface area contributed by atoms with Crippen molar-refractivity contribution in [1.29, 1.82) is 0 Å². The Labute approximate surface area is 252 Å². The zero-order valence-corrected chi connectivity index (χ0v) is 25.9. The second-order valence-corrected chi connectivity index (χ2v) is 12.2. The van der Waals surface area contributed by atoms with Crippen molar-refractivity contribution in [2.24, 2.45) is 0 Å². The van der Waals surface area contributed by atoms with Gasteiger partial charge in [-0.15, -0.1) is 0 Å². The van der Waals surface area contributed by atoms with Gasteiger partial charge in [-0.05, 0) is 61.7 Å². The van der Waals surface area contributed by atoms with E-state index in [2.05, 4.69) is 5.32 Å². The largest absolute Gasteiger partial charge is 0.497 e. The number of rotatable bonds is 13. The molecule has 0 fully saturated rings. The van der Waals surface area contributed by atoms with Crippen LogP contribution in [-0.2, 0) is 26.2 Å². The fourth-order valence-corrected chi connectivity index (χ4v) is 6.13. The number of anilines is 1. The van der Waals surface area contributed by atoms with Crippen LogP contribution in [0.25, 0.3) is 0 Å². The molecule has 0 aliphatic heterocycles. The van der Waals surface area contributed by atoms with E-state index in [1.807, 2.05) is 13.8 Å². The molecule has 1 atom stereocenters. The number of sulfonamides is 1. The maximum absolute atomic E-state index is 14.1. The minimum atomic E-state index is -4.19. The highest BCUT2D eigenvalue weighted by atomic mass is 35.5. The molecule has 220 valence electrons. The lowest BCUT2D eigenvalue weighted by Crippen LogP contribution is -2.52. The van der Waals surface area contributed by atoms with Gasteiger partial charge in [0.05, 0.1) is 17.7 Å². The normalized spacial score (nSPS) is 12.0. The van der Waals surface area contributed by atoms with E-state index >= 15 is 0 Å². The van der Waals surface area contributed by atoms with Gasteiger partial charge in [-0.25, -0.2) is 8.42 Å². The van der Waals surface area contributed by atoms with Crippen LogP contribution in [0.2, 0.25) is 10.0 Å². The number of hydrogen-bond donors (Lipinski definition) is 1. The van der Waals surface area contributed by atoms with Crippen molar-refractivity contribution in [3.63, 3.8) is 0 Å². The first kappa shape index (κ1) is 32.2. The molecule has 0 aliphatic carbocycles. The number of ether oxygens (including phenoxy) is 1. The van der Waals surface area contributed by atoms with E-state index in [1.165, 1.54) is 24.1 Å². The highest BCUT2D eigenvalue weighted by Crippen LogP contribution is 2.29. The first-order valence-electron chi connectivity index (χ1n) is 13.3. The number of amides is 2. The van der Waals surface area contributed by atoms with Crippen LogP contribution in [-0.4, -0.2) is 51.4 Å². The zero-order chi connectivity index (χ0) is 30.2. The van der Waals surface area contributed by atoms with E-state index in [0.717, 1.165) is 16.3 Å². The number of nitrogens with zero attached hydrogens (tertiary/aromatic N) is 2. The molecular formula is C30H35Cl2N3O5S. The molecule has 3 aromatic carbocycles. The highest BCUT2D eigenvalue weighted by molar-refractivity contribution is 7.92. The summed E-state index contributed by atoms with van der Waals surface area (Å²) in [6, 6.07) is 16.9. The molecule has 3 aromatic rings. The Morgan fingerprint density at radius 2 is 1.71 bits per heavy atom. The number of carbonyl (C=O) groups is 2. The molecule has 0 radical (unpaired) electrons. The smallest absolute Gasteiger partial charge is 0.264 e. The Bertz CT molecular complexity index is 1470. The SMILES string of the molecule is CCCNC(=O)C(CC)N(Cc1ccc(Cl)cc1Cl)C(=O)CN(c1cccc(OC)c1)S(=O)(=O)c1ccc(C)cc1. The minimum Gasteiger partial charge on any atom is -0.497 e. The summed E-state index contributed by atoms with van der Waals surface area (Å²) in [5, 5.41) is 3.61. The number of nitrogens with one attached hydrogen (secondary N) is 1. The topological polar surface area (TPSA) is 96.0 Å². The van der Waals surface area contributed by atoms with Gasteiger partial charge in [0.25, 0.3) is 10.0 Å². The van der Waals surface area contributed by atoms with Crippen LogP contribution < -0.4 is 14.4 Å². The quantitative estimate of drug-likeness (QED) is 0.259. The predicted octanol–water partition coefficient (Wildman–Crippen LogP) is 5.84. The van der Waals surface area contributed by atoms with Gasteiger partial charge in [0.2, 0.25) is 11.8 Å². The first-order valence-corrected chi connectivity index (χ1v) is 15.5. The lowest BCUT2D eigenvalue weighted by molar-refractivity contribution is -0.140. The van der Waals surface area contributed by atoms with Gasteiger partial charge in [-0.1, -0.05) is 66.9 Å². The maximum Gasteiger partial charge on any atom is 0.264 e. The molecule has 41 heavy (non-hydrogen) atoms. The van der Waals surface area contributed by atoms with Crippen molar-refractivity contribution < 1.29 is 22.7 Å². The van der Waals surface area contributed by atoms with Crippen LogP contribution in [0.3, 0.4) is 0 Å². The molecule has 0 aromatic heterocycles. The van der Waals surface area contributed by atoms with Gasteiger partial charge in [0.15, 0.2) is 0 Å². The first-order chi connectivity index (χ1) is 19.5. The van der Waals surface area contributed by atoms with Crippen LogP contribution in [0.4, 0.5) is 5.69 Å². The number of aryl methyl sites for hydroxylation is 1. The molecule has 0 saturated heterocycles. The van der Waals surface area contributed by atoms with Crippen molar-refractivity contribution in [2.75, 3.05) is 24.5 Å². The van der Waals surface area contributed by atoms with E-state index in [-0.39, 0.29) is 23.0 Å². The Kier molecular flexibility index (Phi) is 11.5. The van der Waals surface area contributed by atoms with Gasteiger partial charge in [0, 0.05) is 29.2 Å². The Morgan fingerprint density at radius 3 is 2.32 bits per heavy atom. The van der Waals surface area contributed by atoms with Gasteiger partial charge in [0.1, 0.15) is 18.3 Å². The average molecular weight is 621 g/mol. The van der Waals surface area contributed by atoms with Crippen molar-refractivity contribution >= 4 is 50.7 Å². The summed E-state index contributed by atoms with van der Waals surface area (Å²) in [6.07, 6.45) is 1.02. The lowest BCUT2D eigenvalue weighted by atomic mass is 10.1. The molecule has 1 N–H and O–H groups in total. The predicted molar refractivity (Wildman–Crippen MR) is 163 cm³/mol. The standard InChI is InChI=1S/C30H35Cl2N3O5S/c1-5-16-33-30(37)28(6-2)34(19-22-12-13-23(31)17-27(22)32)29(36)20-35(24-8-7-9-25(18-24)40-4)41(38,39)26-14-10-21(3)11-15-26/h7-15,17-18,28H,5-6,16,19-20H2,1-4H3,(H,33,37). The van der Waals surface area contributed by atoms with Crippen LogP contribution in [0.1, 0.15) is 37.8 Å². The molecule has 0 aliphatic rings. The lowest BCUT2D eigenvalue weighted by Gasteiger charge is -2.33. The van der Waals surface area contributed by atoms with Gasteiger partial charge in [-0.2, -0.15) is 0 Å². The second kappa shape index (κ2) is 14.6. The monoisotopic (exact) mass is 619 g/mol. The van der Waals surface area contributed by atoms with Crippen LogP contribution in [0.15, 0.2) is 71.6 Å². The molecule has 3 rings (SSSR count). The van der Waals surface area contributed by atoms with Crippen molar-refractivity contribution in [3.05, 3.63) is 87.9 Å². The Hall–Kier alpha value is -3.27. The van der Waals surface area contributed by atoms with E-state index < -0.39 is 28.5 Å². The molecule has 1 unspecified atom stereocenters. The summed E-state index contributed by atoms with van der Waals surface area (Å²) in [6.45, 7) is 5.43. The average Bonchev–Trinajstić information content (AvgIpc) is 2.95. The highest BCUT2D eigenvalue weighted by Gasteiger charge is 2.34. The molecular weight excluding hydrogens is 585 g/mol. The van der Waals surface area contributed by atoms with E-state index in [9.17, 15) is 18.0 Å². The van der Waals surface area contributed by atoms with Crippen LogP contribution in [0, 0.1) is 6.92 Å². The van der Waals surface area contributed by atoms with E-state index in [4.69, 9.17) is 27.9 Å². The number of methoxy groups -OCH3 is 1. The molecule has 0 bridgehead atoms. The van der Waals surface area contributed by atoms with Crippen LogP contribution >= 0.6 is 23.2 Å². The molecule has 0 saturated carbocycles. The number of halogens is 2. The van der Waals surface area contributed by atoms with E-state index in [0.29, 0.717) is 34.3 Å². The molecule has 0 heterocycles. The van der Waals surface area contributed by atoms with Crippen molar-refractivity contribution in [1.82, 2.24) is 10.2 Å². The Balaban J connectivity index is 2.09. The van der Waals surface area contributed by atoms with Gasteiger partial charge >= 0.3 is 0 Å². The molecule has 0 spiro atoms. The zero-order valence-electron chi connectivity index (χ0n) is 23.6. The van der Waals surface area contributed by atoms with Crippen LogP contribution in [0.5, 0.6) is 5.75 Å². The number of carbonyl (C=O) groups excluding carboxylic acids is 2. The summed E-state index contributed by atoms with van der Waals surface area (Å²) in [5.74, 6) is -0.482. The van der Waals surface area contributed by atoms with E-state index in [1.54, 1.807) is 61.5 Å². The molecule has 2 amide bonds. The fraction of sp³-hybridized carbons (Fsp3) is 0.333. The summed E-state index contributed by atoms with van der Waals surface area (Å²) in [5.41, 5.74) is 1.70. The van der Waals surface area contributed by atoms with Gasteiger partial charge < -0.3 is 15.0 Å². The fourth-order valence-electron chi connectivity index (χ4n) is 4.25. The minimum absolute atomic E-state index is 0.0244. The maximum atomic E-state index is 14.1.